The van der Waals surface area contributed by atoms with Crippen LogP contribution in [0.1, 0.15) is 10.4 Å². The molecule has 15 heteroatoms. The Morgan fingerprint density at radius 3 is 1.71 bits per heavy atom. The van der Waals surface area contributed by atoms with Crippen LogP contribution in [0.3, 0.4) is 0 Å². The zero-order chi connectivity index (χ0) is 30.4. The van der Waals surface area contributed by atoms with E-state index in [4.69, 9.17) is 14.2 Å². The molecule has 0 unspecified atom stereocenters. The fourth-order valence-corrected chi connectivity index (χ4v) is 3.85. The Labute approximate surface area is 236 Å². The average molecular weight is 574 g/mol. The largest absolute Gasteiger partial charge is 0.579 e. The van der Waals surface area contributed by atoms with Gasteiger partial charge in [0.1, 0.15) is 12.0 Å². The number of carbonyl (C=O) groups excluding carboxylic acids is 1. The third-order valence-electron chi connectivity index (χ3n) is 5.78. The molecule has 15 nitrogen and oxygen atoms in total. The van der Waals surface area contributed by atoms with Crippen molar-refractivity contribution in [3.8, 4) is 23.0 Å². The molecule has 0 N–H and O–H groups in total. The lowest BCUT2D eigenvalue weighted by molar-refractivity contribution is -0.401. The van der Waals surface area contributed by atoms with E-state index < -0.39 is 37.5 Å². The van der Waals surface area contributed by atoms with Crippen molar-refractivity contribution in [1.29, 1.82) is 0 Å². The first-order chi connectivity index (χ1) is 20.2. The Hall–Kier alpha value is -6.25. The highest BCUT2D eigenvalue weighted by Crippen LogP contribution is 2.47. The molecule has 0 aliphatic heterocycles. The number of benzene rings is 4. The van der Waals surface area contributed by atoms with Crippen molar-refractivity contribution >= 4 is 40.4 Å². The Kier molecular flexibility index (Phi) is 8.41. The van der Waals surface area contributed by atoms with Gasteiger partial charge in [-0.25, -0.2) is 0 Å². The number of ether oxygens (including phenoxy) is 3. The fraction of sp³-hybridized carbons (Fsp3) is 0.0741. The lowest BCUT2D eigenvalue weighted by Crippen LogP contribution is -2.11. The Morgan fingerprint density at radius 2 is 1.26 bits per heavy atom. The maximum atomic E-state index is 11.8. The number of para-hydroxylation sites is 1. The molecule has 0 heterocycles. The van der Waals surface area contributed by atoms with Crippen LogP contribution in [-0.4, -0.2) is 35.3 Å². The summed E-state index contributed by atoms with van der Waals surface area (Å²) in [4.78, 5) is 43.2. The van der Waals surface area contributed by atoms with Crippen molar-refractivity contribution in [3.05, 3.63) is 120 Å². The van der Waals surface area contributed by atoms with Gasteiger partial charge in [-0.1, -0.05) is 18.2 Å². The number of hydrogen-bond donors (Lipinski definition) is 0. The molecular formula is C27H20N5O10-. The summed E-state index contributed by atoms with van der Waals surface area (Å²) in [6, 6.07) is 18.6. The van der Waals surface area contributed by atoms with E-state index in [1.54, 1.807) is 30.3 Å². The maximum absolute atomic E-state index is 11.8. The summed E-state index contributed by atoms with van der Waals surface area (Å²) in [7, 11) is 2.80. The minimum atomic E-state index is -0.977. The molecule has 0 spiro atoms. The molecule has 0 saturated heterocycles. The molecule has 0 aliphatic rings. The van der Waals surface area contributed by atoms with Gasteiger partial charge < -0.3 is 24.6 Å². The van der Waals surface area contributed by atoms with Crippen LogP contribution in [0.4, 0.5) is 34.1 Å². The summed E-state index contributed by atoms with van der Waals surface area (Å²) >= 11 is 0. The van der Waals surface area contributed by atoms with E-state index in [-0.39, 0.29) is 17.2 Å². The van der Waals surface area contributed by atoms with Crippen LogP contribution in [-0.2, 0) is 0 Å². The van der Waals surface area contributed by atoms with Gasteiger partial charge in [0, 0.05) is 22.6 Å². The first kappa shape index (κ1) is 28.8. The molecule has 4 aromatic rings. The predicted molar refractivity (Wildman–Crippen MR) is 149 cm³/mol. The summed E-state index contributed by atoms with van der Waals surface area (Å²) < 4.78 is 16.6. The summed E-state index contributed by atoms with van der Waals surface area (Å²) in [6.07, 6.45) is 0.630. The molecule has 42 heavy (non-hydrogen) atoms. The smallest absolute Gasteiger partial charge is 0.283 e. The standard InChI is InChI=1S/C27H20N5O10/c1-40-24-12-17(16-33)13-25(41-2)27(24)42-21-10-8-19(9-11-21)29(18-6-4-3-5-7-18)28-26-22(31(36)37)14-20(30(34)35)15-23(26)32(38)39/h3-16H,1-2H3/q-1. The molecule has 4 aromatic carbocycles. The average Bonchev–Trinajstić information content (AvgIpc) is 3.00. The minimum absolute atomic E-state index is 0.195. The number of carbonyl (C=O) groups is 1. The van der Waals surface area contributed by atoms with Gasteiger partial charge in [-0.2, -0.15) is 0 Å². The highest BCUT2D eigenvalue weighted by molar-refractivity contribution is 5.84. The summed E-state index contributed by atoms with van der Waals surface area (Å²) in [5.74, 6) is 0.966. The van der Waals surface area contributed by atoms with Crippen molar-refractivity contribution < 1.29 is 33.8 Å². The van der Waals surface area contributed by atoms with E-state index in [1.165, 1.54) is 55.6 Å². The molecule has 0 radical (unpaired) electrons. The minimum Gasteiger partial charge on any atom is -0.579 e. The molecule has 0 bridgehead atoms. The molecule has 0 aromatic heterocycles. The van der Waals surface area contributed by atoms with Gasteiger partial charge >= 0.3 is 0 Å². The summed E-state index contributed by atoms with van der Waals surface area (Å²) in [5, 5.41) is 36.1. The van der Waals surface area contributed by atoms with Gasteiger partial charge in [-0.15, -0.1) is 0 Å². The molecule has 0 atom stereocenters. The first-order valence-electron chi connectivity index (χ1n) is 11.8. The number of nitro groups is 3. The summed E-state index contributed by atoms with van der Waals surface area (Å²) in [6.45, 7) is 0. The van der Waals surface area contributed by atoms with Crippen LogP contribution >= 0.6 is 0 Å². The van der Waals surface area contributed by atoms with E-state index in [9.17, 15) is 35.1 Å². The van der Waals surface area contributed by atoms with E-state index in [0.717, 1.165) is 0 Å². The molecule has 0 saturated carbocycles. The normalized spacial score (nSPS) is 10.3. The Morgan fingerprint density at radius 1 is 0.738 bits per heavy atom. The third-order valence-corrected chi connectivity index (χ3v) is 5.78. The van der Waals surface area contributed by atoms with Crippen LogP contribution < -0.4 is 19.2 Å². The highest BCUT2D eigenvalue weighted by atomic mass is 16.6. The van der Waals surface area contributed by atoms with E-state index in [0.29, 0.717) is 41.1 Å². The second-order valence-electron chi connectivity index (χ2n) is 8.32. The molecular weight excluding hydrogens is 554 g/mol. The van der Waals surface area contributed by atoms with Gasteiger partial charge in [0.2, 0.25) is 5.75 Å². The Balaban J connectivity index is 1.77. The first-order valence-corrected chi connectivity index (χ1v) is 11.8. The van der Waals surface area contributed by atoms with Gasteiger partial charge in [0.15, 0.2) is 11.5 Å². The number of nitrogens with zero attached hydrogens (tertiary/aromatic N) is 5. The lowest BCUT2D eigenvalue weighted by Gasteiger charge is -2.39. The number of methoxy groups -OCH3 is 2. The van der Waals surface area contributed by atoms with Crippen molar-refractivity contribution in [2.45, 2.75) is 0 Å². The quantitative estimate of drug-likeness (QED) is 0.0982. The van der Waals surface area contributed by atoms with Crippen molar-refractivity contribution in [2.75, 3.05) is 19.2 Å². The van der Waals surface area contributed by atoms with Crippen LogP contribution in [0.15, 0.2) is 78.9 Å². The van der Waals surface area contributed by atoms with Crippen LogP contribution in [0, 0.1) is 30.3 Å². The monoisotopic (exact) mass is 574 g/mol. The number of hydrogen-bond acceptors (Lipinski definition) is 11. The SMILES string of the molecule is COc1cc(C=O)cc(OC)c1Oc1ccc(N([N-]c2c([N+](=O)[O-])cc([N+](=O)[O-])cc2[N+](=O)[O-])c2ccccc2)cc1. The van der Waals surface area contributed by atoms with Crippen molar-refractivity contribution in [3.63, 3.8) is 0 Å². The molecule has 4 rings (SSSR count). The number of rotatable bonds is 12. The second kappa shape index (κ2) is 12.3. The molecule has 0 aliphatic carbocycles. The third kappa shape index (κ3) is 5.99. The van der Waals surface area contributed by atoms with Crippen LogP contribution in [0.2, 0.25) is 0 Å². The summed E-state index contributed by atoms with van der Waals surface area (Å²) in [5.41, 5.74) is 1.88. The van der Waals surface area contributed by atoms with Gasteiger partial charge in [-0.05, 0) is 48.5 Å². The van der Waals surface area contributed by atoms with Crippen molar-refractivity contribution in [2.24, 2.45) is 0 Å². The fourth-order valence-electron chi connectivity index (χ4n) is 3.85. The van der Waals surface area contributed by atoms with Crippen molar-refractivity contribution in [1.82, 2.24) is 0 Å². The molecule has 0 fully saturated rings. The second-order valence-corrected chi connectivity index (χ2v) is 8.32. The van der Waals surface area contributed by atoms with E-state index in [2.05, 4.69) is 5.43 Å². The number of nitro benzene ring substituents is 3. The van der Waals surface area contributed by atoms with Gasteiger partial charge in [0.25, 0.3) is 17.1 Å². The predicted octanol–water partition coefficient (Wildman–Crippen LogP) is 6.79. The lowest BCUT2D eigenvalue weighted by atomic mass is 10.2. The van der Waals surface area contributed by atoms with Crippen LogP contribution in [0.25, 0.3) is 5.43 Å². The number of non-ortho nitro benzene ring substituents is 1. The van der Waals surface area contributed by atoms with Gasteiger partial charge in [-0.3, -0.25) is 35.1 Å². The number of anilines is 2. The van der Waals surface area contributed by atoms with Gasteiger partial charge in [0.05, 0.1) is 41.1 Å². The number of aldehydes is 1. The van der Waals surface area contributed by atoms with E-state index in [1.807, 2.05) is 0 Å². The zero-order valence-corrected chi connectivity index (χ0v) is 21.9. The van der Waals surface area contributed by atoms with E-state index >= 15 is 0 Å². The topological polar surface area (TPSA) is 192 Å². The van der Waals surface area contributed by atoms with Crippen LogP contribution in [0.5, 0.6) is 23.0 Å². The molecule has 214 valence electrons. The Bertz CT molecular complexity index is 1600. The zero-order valence-electron chi connectivity index (χ0n) is 21.9. The molecule has 0 amide bonds. The highest BCUT2D eigenvalue weighted by Gasteiger charge is 2.26. The maximum Gasteiger partial charge on any atom is 0.283 e.